The number of thioether (sulfide) groups is 1. The Morgan fingerprint density at radius 1 is 1.07 bits per heavy atom. The lowest BCUT2D eigenvalue weighted by Gasteiger charge is -2.23. The van der Waals surface area contributed by atoms with Crippen molar-refractivity contribution >= 4 is 29.3 Å². The van der Waals surface area contributed by atoms with E-state index in [-0.39, 0.29) is 18.2 Å². The van der Waals surface area contributed by atoms with Gasteiger partial charge in [-0.3, -0.25) is 14.5 Å². The third-order valence-electron chi connectivity index (χ3n) is 4.89. The highest BCUT2D eigenvalue weighted by Crippen LogP contribution is 2.36. The summed E-state index contributed by atoms with van der Waals surface area (Å²) in [5.74, 6) is -0.223. The van der Waals surface area contributed by atoms with Gasteiger partial charge in [-0.1, -0.05) is 50.2 Å². The highest BCUT2D eigenvalue weighted by molar-refractivity contribution is 8.01. The summed E-state index contributed by atoms with van der Waals surface area (Å²) in [6.45, 7) is 7.81. The van der Waals surface area contributed by atoms with Crippen molar-refractivity contribution in [3.8, 4) is 0 Å². The van der Waals surface area contributed by atoms with Gasteiger partial charge in [-0.2, -0.15) is 0 Å². The third kappa shape index (κ3) is 5.36. The Hall–Kier alpha value is -2.31. The normalized spacial score (nSPS) is 15.8. The van der Waals surface area contributed by atoms with Gasteiger partial charge in [-0.25, -0.2) is 0 Å². The monoisotopic (exact) mass is 397 g/mol. The number of carbonyl (C=O) groups excluding carboxylic acids is 2. The molecule has 148 valence electrons. The Labute approximate surface area is 170 Å². The number of hydrogen-bond acceptors (Lipinski definition) is 4. The zero-order valence-corrected chi connectivity index (χ0v) is 17.2. The fourth-order valence-electron chi connectivity index (χ4n) is 3.14. The van der Waals surface area contributed by atoms with Crippen LogP contribution in [0.15, 0.2) is 53.4 Å². The van der Waals surface area contributed by atoms with Gasteiger partial charge in [0.1, 0.15) is 0 Å². The lowest BCUT2D eigenvalue weighted by molar-refractivity contribution is -0.124. The van der Waals surface area contributed by atoms with E-state index in [1.807, 2.05) is 24.3 Å². The van der Waals surface area contributed by atoms with Crippen molar-refractivity contribution in [1.29, 1.82) is 0 Å². The van der Waals surface area contributed by atoms with Gasteiger partial charge >= 0.3 is 0 Å². The summed E-state index contributed by atoms with van der Waals surface area (Å²) in [5, 5.41) is 5.41. The predicted octanol–water partition coefficient (Wildman–Crippen LogP) is 3.65. The molecule has 3 rings (SSSR count). The zero-order valence-electron chi connectivity index (χ0n) is 16.4. The van der Waals surface area contributed by atoms with Crippen LogP contribution >= 0.6 is 11.8 Å². The largest absolute Gasteiger partial charge is 0.352 e. The summed E-state index contributed by atoms with van der Waals surface area (Å²) >= 11 is 1.45. The van der Waals surface area contributed by atoms with E-state index < -0.39 is 5.25 Å². The molecule has 1 aliphatic heterocycles. The Bertz CT molecular complexity index is 819. The molecular formula is C22H27N3O2S. The summed E-state index contributed by atoms with van der Waals surface area (Å²) in [4.78, 5) is 27.9. The molecule has 0 bridgehead atoms. The van der Waals surface area contributed by atoms with Crippen LogP contribution in [0.5, 0.6) is 0 Å². The number of para-hydroxylation sites is 1. The van der Waals surface area contributed by atoms with Crippen LogP contribution in [0.25, 0.3) is 0 Å². The average molecular weight is 398 g/mol. The molecule has 0 aliphatic carbocycles. The Morgan fingerprint density at radius 3 is 2.46 bits per heavy atom. The standard InChI is InChI=1S/C22H27N3O2S/c1-3-25(4-2)15-17-11-9-16(10-12-17)14-23-21(26)13-20-22(27)24-18-7-5-6-8-19(18)28-20/h5-12,20H,3-4,13-15H2,1-2H3,(H,23,26)(H,24,27)/t20-/m0/s1. The van der Waals surface area contributed by atoms with Crippen LogP contribution in [0.3, 0.4) is 0 Å². The van der Waals surface area contributed by atoms with Gasteiger partial charge in [-0.15, -0.1) is 11.8 Å². The molecule has 0 fully saturated rings. The van der Waals surface area contributed by atoms with Gasteiger partial charge in [0.15, 0.2) is 0 Å². The number of hydrogen-bond donors (Lipinski definition) is 2. The van der Waals surface area contributed by atoms with Crippen LogP contribution in [-0.2, 0) is 22.7 Å². The molecule has 2 aromatic carbocycles. The maximum Gasteiger partial charge on any atom is 0.238 e. The molecule has 0 aromatic heterocycles. The van der Waals surface area contributed by atoms with E-state index in [9.17, 15) is 9.59 Å². The number of anilines is 1. The van der Waals surface area contributed by atoms with Crippen molar-refractivity contribution in [1.82, 2.24) is 10.2 Å². The number of rotatable bonds is 8. The van der Waals surface area contributed by atoms with Crippen molar-refractivity contribution in [3.63, 3.8) is 0 Å². The Morgan fingerprint density at radius 2 is 1.75 bits per heavy atom. The number of carbonyl (C=O) groups is 2. The van der Waals surface area contributed by atoms with Gasteiger partial charge in [0.05, 0.1) is 10.9 Å². The van der Waals surface area contributed by atoms with Crippen LogP contribution in [0.1, 0.15) is 31.4 Å². The summed E-state index contributed by atoms with van der Waals surface area (Å²) in [7, 11) is 0. The fraction of sp³-hybridized carbons (Fsp3) is 0.364. The van der Waals surface area contributed by atoms with Crippen LogP contribution in [0.2, 0.25) is 0 Å². The van der Waals surface area contributed by atoms with Gasteiger partial charge < -0.3 is 10.6 Å². The lowest BCUT2D eigenvalue weighted by Crippen LogP contribution is -2.34. The second-order valence-electron chi connectivity index (χ2n) is 6.85. The number of nitrogens with one attached hydrogen (secondary N) is 2. The van der Waals surface area contributed by atoms with E-state index in [1.165, 1.54) is 17.3 Å². The van der Waals surface area contributed by atoms with E-state index in [0.717, 1.165) is 35.8 Å². The van der Waals surface area contributed by atoms with Crippen molar-refractivity contribution in [2.24, 2.45) is 0 Å². The Kier molecular flexibility index (Phi) is 7.12. The molecule has 6 heteroatoms. The van der Waals surface area contributed by atoms with Gasteiger partial charge in [-0.05, 0) is 36.3 Å². The molecule has 1 heterocycles. The second kappa shape index (κ2) is 9.75. The zero-order chi connectivity index (χ0) is 19.9. The molecular weight excluding hydrogens is 370 g/mol. The average Bonchev–Trinajstić information content (AvgIpc) is 2.72. The first-order chi connectivity index (χ1) is 13.6. The SMILES string of the molecule is CCN(CC)Cc1ccc(CNC(=O)C[C@@H]2Sc3ccccc3NC2=O)cc1. The smallest absolute Gasteiger partial charge is 0.238 e. The minimum atomic E-state index is -0.397. The van der Waals surface area contributed by atoms with E-state index >= 15 is 0 Å². The predicted molar refractivity (Wildman–Crippen MR) is 114 cm³/mol. The summed E-state index contributed by atoms with van der Waals surface area (Å²) in [5.41, 5.74) is 3.15. The highest BCUT2D eigenvalue weighted by atomic mass is 32.2. The number of fused-ring (bicyclic) bond motifs is 1. The minimum absolute atomic E-state index is 0.111. The molecule has 2 aromatic rings. The maximum atomic E-state index is 12.3. The highest BCUT2D eigenvalue weighted by Gasteiger charge is 2.28. The number of nitrogens with zero attached hydrogens (tertiary/aromatic N) is 1. The molecule has 0 unspecified atom stereocenters. The molecule has 1 atom stereocenters. The molecule has 0 spiro atoms. The van der Waals surface area contributed by atoms with Crippen LogP contribution in [-0.4, -0.2) is 35.1 Å². The number of amides is 2. The summed E-state index contributed by atoms with van der Waals surface area (Å²) < 4.78 is 0. The topological polar surface area (TPSA) is 61.4 Å². The first kappa shape index (κ1) is 20.4. The van der Waals surface area contributed by atoms with Gasteiger partial charge in [0.2, 0.25) is 11.8 Å². The minimum Gasteiger partial charge on any atom is -0.352 e. The molecule has 1 aliphatic rings. The van der Waals surface area contributed by atoms with Gasteiger partial charge in [0, 0.05) is 24.4 Å². The van der Waals surface area contributed by atoms with E-state index in [2.05, 4.69) is 53.6 Å². The maximum absolute atomic E-state index is 12.3. The van der Waals surface area contributed by atoms with Crippen LogP contribution < -0.4 is 10.6 Å². The molecule has 2 amide bonds. The van der Waals surface area contributed by atoms with Gasteiger partial charge in [0.25, 0.3) is 0 Å². The van der Waals surface area contributed by atoms with Crippen molar-refractivity contribution < 1.29 is 9.59 Å². The van der Waals surface area contributed by atoms with Crippen molar-refractivity contribution in [3.05, 3.63) is 59.7 Å². The molecule has 0 saturated carbocycles. The quantitative estimate of drug-likeness (QED) is 0.714. The fourth-order valence-corrected chi connectivity index (χ4v) is 4.25. The summed E-state index contributed by atoms with van der Waals surface area (Å²) in [6.07, 6.45) is 0.172. The van der Waals surface area contributed by atoms with Crippen molar-refractivity contribution in [2.75, 3.05) is 18.4 Å². The molecule has 2 N–H and O–H groups in total. The summed E-state index contributed by atoms with van der Waals surface area (Å²) in [6, 6.07) is 16.0. The van der Waals surface area contributed by atoms with E-state index in [0.29, 0.717) is 6.54 Å². The lowest BCUT2D eigenvalue weighted by atomic mass is 10.1. The first-order valence-corrected chi connectivity index (χ1v) is 10.6. The molecule has 5 nitrogen and oxygen atoms in total. The van der Waals surface area contributed by atoms with E-state index in [1.54, 1.807) is 0 Å². The Balaban J connectivity index is 1.49. The van der Waals surface area contributed by atoms with Crippen molar-refractivity contribution in [2.45, 2.75) is 43.5 Å². The number of benzene rings is 2. The molecule has 0 radical (unpaired) electrons. The first-order valence-electron chi connectivity index (χ1n) is 9.72. The molecule has 28 heavy (non-hydrogen) atoms. The molecule has 0 saturated heterocycles. The van der Waals surface area contributed by atoms with Crippen LogP contribution in [0, 0.1) is 0 Å². The third-order valence-corrected chi connectivity index (χ3v) is 6.17. The van der Waals surface area contributed by atoms with E-state index in [4.69, 9.17) is 0 Å². The second-order valence-corrected chi connectivity index (χ2v) is 8.10. The van der Waals surface area contributed by atoms with Crippen LogP contribution in [0.4, 0.5) is 5.69 Å².